The third-order valence-electron chi connectivity index (χ3n) is 2.58. The van der Waals surface area contributed by atoms with Crippen LogP contribution in [-0.2, 0) is 6.42 Å². The van der Waals surface area contributed by atoms with Crippen molar-refractivity contribution in [2.45, 2.75) is 6.42 Å². The predicted octanol–water partition coefficient (Wildman–Crippen LogP) is 3.72. The fraction of sp³-hybridized carbons (Fsp3) is 0.143. The van der Waals surface area contributed by atoms with Crippen molar-refractivity contribution in [2.24, 2.45) is 0 Å². The van der Waals surface area contributed by atoms with Crippen molar-refractivity contribution >= 4 is 17.3 Å². The molecule has 16 heavy (non-hydrogen) atoms. The number of nitrogens with two attached hydrogens (primary N) is 1. The van der Waals surface area contributed by atoms with Crippen LogP contribution in [0.15, 0.2) is 48.5 Å². The van der Waals surface area contributed by atoms with Gasteiger partial charge in [0.25, 0.3) is 0 Å². The first-order valence-corrected chi connectivity index (χ1v) is 5.84. The van der Waals surface area contributed by atoms with E-state index in [-0.39, 0.29) is 0 Å². The molecule has 0 amide bonds. The number of anilines is 1. The highest BCUT2D eigenvalue weighted by molar-refractivity contribution is 6.17. The van der Waals surface area contributed by atoms with Crippen LogP contribution in [0.1, 0.15) is 5.56 Å². The largest absolute Gasteiger partial charge is 0.399 e. The summed E-state index contributed by atoms with van der Waals surface area (Å²) in [6.45, 7) is 0. The summed E-state index contributed by atoms with van der Waals surface area (Å²) in [5, 5.41) is 0. The number of halogens is 1. The smallest absolute Gasteiger partial charge is 0.0314 e. The molecule has 2 aromatic carbocycles. The number of rotatable bonds is 3. The van der Waals surface area contributed by atoms with Gasteiger partial charge >= 0.3 is 0 Å². The van der Waals surface area contributed by atoms with Gasteiger partial charge in [0.15, 0.2) is 0 Å². The van der Waals surface area contributed by atoms with E-state index in [1.165, 1.54) is 16.7 Å². The molecule has 1 nitrogen and oxygen atoms in total. The van der Waals surface area contributed by atoms with Crippen LogP contribution >= 0.6 is 11.6 Å². The minimum atomic E-state index is 0.668. The van der Waals surface area contributed by atoms with Gasteiger partial charge in [0.1, 0.15) is 0 Å². The fourth-order valence-corrected chi connectivity index (χ4v) is 1.87. The molecule has 0 aromatic heterocycles. The zero-order valence-electron chi connectivity index (χ0n) is 8.99. The maximum Gasteiger partial charge on any atom is 0.0314 e. The van der Waals surface area contributed by atoms with Crippen molar-refractivity contribution in [1.29, 1.82) is 0 Å². The van der Waals surface area contributed by atoms with Crippen LogP contribution in [0, 0.1) is 0 Å². The summed E-state index contributed by atoms with van der Waals surface area (Å²) in [5.74, 6) is 0.668. The number of aryl methyl sites for hydroxylation is 1. The van der Waals surface area contributed by atoms with Crippen LogP contribution in [0.5, 0.6) is 0 Å². The van der Waals surface area contributed by atoms with Crippen molar-refractivity contribution in [2.75, 3.05) is 11.6 Å². The number of nitrogen functional groups attached to an aromatic ring is 1. The first-order chi connectivity index (χ1) is 7.79. The van der Waals surface area contributed by atoms with Gasteiger partial charge in [0.05, 0.1) is 0 Å². The van der Waals surface area contributed by atoms with Gasteiger partial charge in [-0.1, -0.05) is 36.4 Å². The van der Waals surface area contributed by atoms with Crippen LogP contribution in [-0.4, -0.2) is 5.88 Å². The molecule has 2 N–H and O–H groups in total. The van der Waals surface area contributed by atoms with Gasteiger partial charge in [0, 0.05) is 11.6 Å². The van der Waals surface area contributed by atoms with Crippen molar-refractivity contribution < 1.29 is 0 Å². The van der Waals surface area contributed by atoms with Crippen molar-refractivity contribution in [1.82, 2.24) is 0 Å². The number of hydrogen-bond acceptors (Lipinski definition) is 1. The van der Waals surface area contributed by atoms with E-state index in [1.807, 2.05) is 24.3 Å². The van der Waals surface area contributed by atoms with Crippen LogP contribution in [0.3, 0.4) is 0 Å². The van der Waals surface area contributed by atoms with Crippen LogP contribution < -0.4 is 5.73 Å². The van der Waals surface area contributed by atoms with Crippen LogP contribution in [0.4, 0.5) is 5.69 Å². The lowest BCUT2D eigenvalue weighted by Gasteiger charge is -2.04. The Bertz CT molecular complexity index is 445. The number of hydrogen-bond donors (Lipinski definition) is 1. The Morgan fingerprint density at radius 1 is 0.812 bits per heavy atom. The van der Waals surface area contributed by atoms with E-state index in [9.17, 15) is 0 Å². The summed E-state index contributed by atoms with van der Waals surface area (Å²) in [7, 11) is 0. The minimum Gasteiger partial charge on any atom is -0.399 e. The average Bonchev–Trinajstić information content (AvgIpc) is 2.32. The van der Waals surface area contributed by atoms with Crippen molar-refractivity contribution in [3.8, 4) is 11.1 Å². The van der Waals surface area contributed by atoms with Gasteiger partial charge < -0.3 is 5.73 Å². The van der Waals surface area contributed by atoms with Gasteiger partial charge in [-0.05, 0) is 35.2 Å². The Kier molecular flexibility index (Phi) is 3.47. The Morgan fingerprint density at radius 2 is 1.31 bits per heavy atom. The zero-order valence-corrected chi connectivity index (χ0v) is 9.74. The molecular weight excluding hydrogens is 218 g/mol. The van der Waals surface area contributed by atoms with E-state index in [0.717, 1.165) is 12.1 Å². The van der Waals surface area contributed by atoms with E-state index in [0.29, 0.717) is 5.88 Å². The fourth-order valence-electron chi connectivity index (χ4n) is 1.65. The molecule has 0 aliphatic rings. The Labute approximate surface area is 101 Å². The Morgan fingerprint density at radius 3 is 1.81 bits per heavy atom. The van der Waals surface area contributed by atoms with E-state index < -0.39 is 0 Å². The zero-order chi connectivity index (χ0) is 11.4. The molecule has 0 radical (unpaired) electrons. The SMILES string of the molecule is Nc1ccc(-c2ccc(CCCl)cc2)cc1. The monoisotopic (exact) mass is 231 g/mol. The molecule has 0 spiro atoms. The van der Waals surface area contributed by atoms with Crippen molar-refractivity contribution in [3.05, 3.63) is 54.1 Å². The maximum atomic E-state index is 5.70. The van der Waals surface area contributed by atoms with Gasteiger partial charge in [0.2, 0.25) is 0 Å². The molecule has 0 aliphatic heterocycles. The number of benzene rings is 2. The highest BCUT2D eigenvalue weighted by atomic mass is 35.5. The molecule has 0 heterocycles. The summed E-state index contributed by atoms with van der Waals surface area (Å²) in [6.07, 6.45) is 0.920. The summed E-state index contributed by atoms with van der Waals surface area (Å²) in [5.41, 5.74) is 10.1. The molecule has 0 atom stereocenters. The van der Waals surface area contributed by atoms with Gasteiger partial charge in [-0.2, -0.15) is 0 Å². The van der Waals surface area contributed by atoms with E-state index >= 15 is 0 Å². The topological polar surface area (TPSA) is 26.0 Å². The maximum absolute atomic E-state index is 5.70. The molecule has 0 unspecified atom stereocenters. The van der Waals surface area contributed by atoms with Crippen LogP contribution in [0.25, 0.3) is 11.1 Å². The lowest BCUT2D eigenvalue weighted by Crippen LogP contribution is -1.87. The molecule has 2 rings (SSSR count). The van der Waals surface area contributed by atoms with E-state index in [2.05, 4.69) is 24.3 Å². The predicted molar refractivity (Wildman–Crippen MR) is 70.7 cm³/mol. The summed E-state index contributed by atoms with van der Waals surface area (Å²) in [6, 6.07) is 16.4. The van der Waals surface area contributed by atoms with E-state index in [4.69, 9.17) is 17.3 Å². The Balaban J connectivity index is 2.24. The molecule has 0 bridgehead atoms. The van der Waals surface area contributed by atoms with Gasteiger partial charge in [-0.3, -0.25) is 0 Å². The first-order valence-electron chi connectivity index (χ1n) is 5.30. The summed E-state index contributed by atoms with van der Waals surface area (Å²) >= 11 is 5.70. The van der Waals surface area contributed by atoms with Gasteiger partial charge in [-0.25, -0.2) is 0 Å². The average molecular weight is 232 g/mol. The van der Waals surface area contributed by atoms with Gasteiger partial charge in [-0.15, -0.1) is 11.6 Å². The molecule has 0 saturated heterocycles. The molecule has 2 heteroatoms. The molecule has 0 fully saturated rings. The quantitative estimate of drug-likeness (QED) is 0.633. The third kappa shape index (κ3) is 2.56. The second-order valence-electron chi connectivity index (χ2n) is 3.76. The Hall–Kier alpha value is -1.47. The minimum absolute atomic E-state index is 0.668. The second kappa shape index (κ2) is 5.04. The first kappa shape index (κ1) is 11.0. The standard InChI is InChI=1S/C14H14ClN/c15-10-9-11-1-3-12(4-2-11)13-5-7-14(16)8-6-13/h1-8H,9-10,16H2. The lowest BCUT2D eigenvalue weighted by atomic mass is 10.0. The summed E-state index contributed by atoms with van der Waals surface area (Å²) < 4.78 is 0. The molecule has 2 aromatic rings. The normalized spacial score (nSPS) is 10.3. The van der Waals surface area contributed by atoms with E-state index in [1.54, 1.807) is 0 Å². The molecule has 0 saturated carbocycles. The highest BCUT2D eigenvalue weighted by Gasteiger charge is 1.97. The van der Waals surface area contributed by atoms with Crippen molar-refractivity contribution in [3.63, 3.8) is 0 Å². The molecular formula is C14H14ClN. The van der Waals surface area contributed by atoms with Crippen LogP contribution in [0.2, 0.25) is 0 Å². The second-order valence-corrected chi connectivity index (χ2v) is 4.14. The lowest BCUT2D eigenvalue weighted by molar-refractivity contribution is 1.15. The molecule has 0 aliphatic carbocycles. The third-order valence-corrected chi connectivity index (χ3v) is 2.77. The highest BCUT2D eigenvalue weighted by Crippen LogP contribution is 2.21. The molecule has 82 valence electrons. The summed E-state index contributed by atoms with van der Waals surface area (Å²) in [4.78, 5) is 0. The number of alkyl halides is 1.